The normalized spacial score (nSPS) is 12.7. The molecule has 0 saturated heterocycles. The van der Waals surface area contributed by atoms with E-state index in [9.17, 15) is 4.79 Å². The van der Waals surface area contributed by atoms with Gasteiger partial charge in [0, 0.05) is 23.6 Å². The number of ether oxygens (including phenoxy) is 3. The van der Waals surface area contributed by atoms with Crippen LogP contribution in [0.4, 0.5) is 5.69 Å². The van der Waals surface area contributed by atoms with Gasteiger partial charge in [-0.2, -0.15) is 0 Å². The summed E-state index contributed by atoms with van der Waals surface area (Å²) in [6.07, 6.45) is 3.15. The Bertz CT molecular complexity index is 1100. The van der Waals surface area contributed by atoms with Gasteiger partial charge in [-0.15, -0.1) is 11.3 Å². The zero-order valence-corrected chi connectivity index (χ0v) is 17.8. The van der Waals surface area contributed by atoms with Crippen LogP contribution in [0.2, 0.25) is 5.02 Å². The van der Waals surface area contributed by atoms with Gasteiger partial charge in [0.1, 0.15) is 25.6 Å². The predicted octanol–water partition coefficient (Wildman–Crippen LogP) is 5.11. The van der Waals surface area contributed by atoms with E-state index in [2.05, 4.69) is 10.3 Å². The second kappa shape index (κ2) is 9.19. The lowest BCUT2D eigenvalue weighted by atomic mass is 10.2. The fourth-order valence-corrected chi connectivity index (χ4v) is 3.64. The number of carbonyl (C=O) groups excluding carboxylic acids is 1. The predicted molar refractivity (Wildman–Crippen MR) is 118 cm³/mol. The molecule has 1 aliphatic rings. The lowest BCUT2D eigenvalue weighted by Gasteiger charge is -2.19. The van der Waals surface area contributed by atoms with Crippen LogP contribution in [-0.4, -0.2) is 24.1 Å². The number of anilines is 1. The lowest BCUT2D eigenvalue weighted by Crippen LogP contribution is -2.16. The van der Waals surface area contributed by atoms with E-state index >= 15 is 0 Å². The number of carbonyl (C=O) groups is 1. The van der Waals surface area contributed by atoms with Crippen molar-refractivity contribution in [2.45, 2.75) is 13.5 Å². The number of aromatic nitrogens is 1. The number of amides is 1. The van der Waals surface area contributed by atoms with Crippen molar-refractivity contribution in [3.05, 3.63) is 69.1 Å². The Hall–Kier alpha value is -3.03. The van der Waals surface area contributed by atoms with Crippen LogP contribution in [0.1, 0.15) is 16.3 Å². The van der Waals surface area contributed by atoms with E-state index in [4.69, 9.17) is 25.8 Å². The van der Waals surface area contributed by atoms with Crippen molar-refractivity contribution in [1.82, 2.24) is 4.98 Å². The number of hydrogen-bond donors (Lipinski definition) is 1. The van der Waals surface area contributed by atoms with E-state index in [-0.39, 0.29) is 5.91 Å². The summed E-state index contributed by atoms with van der Waals surface area (Å²) in [4.78, 5) is 16.7. The molecule has 1 aromatic heterocycles. The zero-order chi connectivity index (χ0) is 20.9. The van der Waals surface area contributed by atoms with Gasteiger partial charge in [0.25, 0.3) is 0 Å². The Morgan fingerprint density at radius 2 is 2.07 bits per heavy atom. The van der Waals surface area contributed by atoms with Gasteiger partial charge >= 0.3 is 0 Å². The quantitative estimate of drug-likeness (QED) is 0.537. The van der Waals surface area contributed by atoms with Crippen LogP contribution in [0.5, 0.6) is 17.2 Å². The first-order valence-corrected chi connectivity index (χ1v) is 10.5. The molecular formula is C22H19ClN2O4S. The third-order valence-corrected chi connectivity index (χ3v) is 5.36. The minimum Gasteiger partial charge on any atom is -0.487 e. The molecule has 154 valence electrons. The van der Waals surface area contributed by atoms with Crippen LogP contribution in [0.15, 0.2) is 47.9 Å². The van der Waals surface area contributed by atoms with E-state index in [0.717, 1.165) is 16.3 Å². The summed E-state index contributed by atoms with van der Waals surface area (Å²) in [7, 11) is 0. The largest absolute Gasteiger partial charge is 0.487 e. The zero-order valence-electron chi connectivity index (χ0n) is 16.2. The molecule has 2 aromatic carbocycles. The molecule has 4 rings (SSSR count). The van der Waals surface area contributed by atoms with Crippen LogP contribution in [0.3, 0.4) is 0 Å². The second-order valence-corrected chi connectivity index (χ2v) is 7.99. The topological polar surface area (TPSA) is 69.7 Å². The van der Waals surface area contributed by atoms with Gasteiger partial charge in [-0.1, -0.05) is 23.7 Å². The maximum absolute atomic E-state index is 12.3. The van der Waals surface area contributed by atoms with E-state index in [0.29, 0.717) is 47.8 Å². The van der Waals surface area contributed by atoms with Gasteiger partial charge in [0.05, 0.1) is 21.4 Å². The van der Waals surface area contributed by atoms with Gasteiger partial charge in [-0.25, -0.2) is 4.98 Å². The molecule has 0 saturated carbocycles. The van der Waals surface area contributed by atoms with Crippen LogP contribution in [0.25, 0.3) is 6.08 Å². The maximum Gasteiger partial charge on any atom is 0.248 e. The number of rotatable bonds is 6. The third kappa shape index (κ3) is 5.11. The van der Waals surface area contributed by atoms with E-state index in [1.165, 1.54) is 6.08 Å². The van der Waals surface area contributed by atoms with Crippen LogP contribution < -0.4 is 19.5 Å². The van der Waals surface area contributed by atoms with Crippen molar-refractivity contribution in [2.75, 3.05) is 18.5 Å². The molecule has 1 N–H and O–H groups in total. The summed E-state index contributed by atoms with van der Waals surface area (Å²) in [5, 5.41) is 6.13. The van der Waals surface area contributed by atoms with E-state index in [1.54, 1.807) is 29.5 Å². The highest BCUT2D eigenvalue weighted by Crippen LogP contribution is 2.37. The molecular weight excluding hydrogens is 424 g/mol. The molecule has 30 heavy (non-hydrogen) atoms. The van der Waals surface area contributed by atoms with Crippen molar-refractivity contribution < 1.29 is 19.0 Å². The minimum absolute atomic E-state index is 0.308. The lowest BCUT2D eigenvalue weighted by molar-refractivity contribution is -0.111. The summed E-state index contributed by atoms with van der Waals surface area (Å²) in [6.45, 7) is 3.30. The van der Waals surface area contributed by atoms with Crippen LogP contribution in [0, 0.1) is 6.92 Å². The average Bonchev–Trinajstić information content (AvgIpc) is 3.17. The summed E-state index contributed by atoms with van der Waals surface area (Å²) in [5.41, 5.74) is 2.20. The molecule has 3 aromatic rings. The molecule has 6 nitrogen and oxygen atoms in total. The highest BCUT2D eigenvalue weighted by molar-refractivity contribution is 7.09. The Labute approximate surface area is 183 Å². The number of nitrogens with zero attached hydrogens (tertiary/aromatic N) is 1. The summed E-state index contributed by atoms with van der Waals surface area (Å²) >= 11 is 7.83. The monoisotopic (exact) mass is 442 g/mol. The van der Waals surface area contributed by atoms with Crippen LogP contribution in [-0.2, 0) is 11.4 Å². The standard InChI is InChI=1S/C22H19ClN2O4S/c1-14-24-16(13-30-14)12-29-17-4-2-3-15(9-17)5-6-22(26)25-19-11-21-20(10-18(19)23)27-7-8-28-21/h2-6,9-11,13H,7-8,12H2,1H3,(H,25,26)/b6-5+. The first-order valence-electron chi connectivity index (χ1n) is 9.29. The molecule has 8 heteroatoms. The third-order valence-electron chi connectivity index (χ3n) is 4.23. The molecule has 0 spiro atoms. The minimum atomic E-state index is -0.308. The number of hydrogen-bond acceptors (Lipinski definition) is 6. The molecule has 0 aliphatic carbocycles. The van der Waals surface area contributed by atoms with Crippen molar-refractivity contribution >= 4 is 40.6 Å². The fourth-order valence-electron chi connectivity index (χ4n) is 2.85. The fraction of sp³-hybridized carbons (Fsp3) is 0.182. The number of halogens is 1. The Kier molecular flexibility index (Phi) is 6.21. The molecule has 0 unspecified atom stereocenters. The Morgan fingerprint density at radius 3 is 2.83 bits per heavy atom. The Morgan fingerprint density at radius 1 is 1.27 bits per heavy atom. The average molecular weight is 443 g/mol. The molecule has 0 fully saturated rings. The molecule has 0 bridgehead atoms. The maximum atomic E-state index is 12.3. The highest BCUT2D eigenvalue weighted by atomic mass is 35.5. The van der Waals surface area contributed by atoms with Crippen molar-refractivity contribution in [1.29, 1.82) is 0 Å². The first-order chi connectivity index (χ1) is 14.6. The van der Waals surface area contributed by atoms with Gasteiger partial charge in [0.2, 0.25) is 5.91 Å². The first kappa shape index (κ1) is 20.3. The van der Waals surface area contributed by atoms with Gasteiger partial charge < -0.3 is 19.5 Å². The summed E-state index contributed by atoms with van der Waals surface area (Å²) < 4.78 is 16.8. The van der Waals surface area contributed by atoms with E-state index in [1.807, 2.05) is 36.6 Å². The van der Waals surface area contributed by atoms with Crippen molar-refractivity contribution in [3.63, 3.8) is 0 Å². The van der Waals surface area contributed by atoms with Crippen LogP contribution >= 0.6 is 22.9 Å². The SMILES string of the molecule is Cc1nc(COc2cccc(/C=C/C(=O)Nc3cc4c(cc3Cl)OCCO4)c2)cs1. The molecule has 0 radical (unpaired) electrons. The number of fused-ring (bicyclic) bond motifs is 1. The van der Waals surface area contributed by atoms with E-state index < -0.39 is 0 Å². The Balaban J connectivity index is 1.38. The van der Waals surface area contributed by atoms with Crippen molar-refractivity contribution in [3.8, 4) is 17.2 Å². The number of nitrogens with one attached hydrogen (secondary N) is 1. The van der Waals surface area contributed by atoms with Gasteiger partial charge in [-0.3, -0.25) is 4.79 Å². The second-order valence-electron chi connectivity index (χ2n) is 6.52. The summed E-state index contributed by atoms with van der Waals surface area (Å²) in [5.74, 6) is 1.53. The number of thiazole rings is 1. The molecule has 1 amide bonds. The molecule has 2 heterocycles. The summed E-state index contributed by atoms with van der Waals surface area (Å²) in [6, 6.07) is 10.8. The molecule has 1 aliphatic heterocycles. The van der Waals surface area contributed by atoms with Gasteiger partial charge in [0.15, 0.2) is 11.5 Å². The van der Waals surface area contributed by atoms with Crippen molar-refractivity contribution in [2.24, 2.45) is 0 Å². The highest BCUT2D eigenvalue weighted by Gasteiger charge is 2.15. The molecule has 0 atom stereocenters. The number of benzene rings is 2. The smallest absolute Gasteiger partial charge is 0.248 e. The van der Waals surface area contributed by atoms with Gasteiger partial charge in [-0.05, 0) is 30.7 Å². The number of aryl methyl sites for hydroxylation is 1.